The second kappa shape index (κ2) is 3.57. The van der Waals surface area contributed by atoms with Crippen molar-refractivity contribution < 1.29 is 4.74 Å². The van der Waals surface area contributed by atoms with Crippen LogP contribution in [0.1, 0.15) is 6.92 Å². The van der Waals surface area contributed by atoms with Crippen LogP contribution in [0.25, 0.3) is 0 Å². The Balaban J connectivity index is 2.93. The summed E-state index contributed by atoms with van der Waals surface area (Å²) in [4.78, 5) is 3.93. The van der Waals surface area contributed by atoms with Gasteiger partial charge in [0.25, 0.3) is 0 Å². The molecule has 0 bridgehead atoms. The summed E-state index contributed by atoms with van der Waals surface area (Å²) >= 11 is 3.22. The van der Waals surface area contributed by atoms with E-state index in [2.05, 4.69) is 20.9 Å². The van der Waals surface area contributed by atoms with E-state index in [4.69, 9.17) is 10.5 Å². The molecule has 2 N–H and O–H groups in total. The van der Waals surface area contributed by atoms with Crippen molar-refractivity contribution in [2.45, 2.75) is 6.92 Å². The van der Waals surface area contributed by atoms with Crippen LogP contribution in [-0.4, -0.2) is 11.6 Å². The molecule has 4 heteroatoms. The molecule has 0 unspecified atom stereocenters. The number of anilines is 1. The smallest absolute Gasteiger partial charge is 0.146 e. The highest BCUT2D eigenvalue weighted by Gasteiger charge is 1.99. The first-order chi connectivity index (χ1) is 5.24. The molecule has 0 fully saturated rings. The minimum Gasteiger partial charge on any atom is -0.492 e. The number of nitrogen functional groups attached to an aromatic ring is 1. The number of nitrogens with zero attached hydrogens (tertiary/aromatic N) is 1. The zero-order valence-electron chi connectivity index (χ0n) is 6.17. The number of rotatable bonds is 2. The predicted molar refractivity (Wildman–Crippen MR) is 47.5 cm³/mol. The van der Waals surface area contributed by atoms with Crippen LogP contribution in [0.3, 0.4) is 0 Å². The van der Waals surface area contributed by atoms with E-state index >= 15 is 0 Å². The normalized spacial score (nSPS) is 9.64. The molecule has 0 saturated heterocycles. The Bertz CT molecular complexity index is 252. The van der Waals surface area contributed by atoms with Crippen molar-refractivity contribution in [3.63, 3.8) is 0 Å². The number of hydrogen-bond acceptors (Lipinski definition) is 3. The van der Waals surface area contributed by atoms with Crippen LogP contribution >= 0.6 is 15.9 Å². The highest BCUT2D eigenvalue weighted by Crippen LogP contribution is 2.22. The topological polar surface area (TPSA) is 48.1 Å². The van der Waals surface area contributed by atoms with Gasteiger partial charge in [0.2, 0.25) is 0 Å². The fourth-order valence-electron chi connectivity index (χ4n) is 0.704. The maximum absolute atomic E-state index is 5.57. The first-order valence-corrected chi connectivity index (χ1v) is 4.07. The maximum atomic E-state index is 5.57. The van der Waals surface area contributed by atoms with Gasteiger partial charge in [-0.3, -0.25) is 0 Å². The van der Waals surface area contributed by atoms with Crippen LogP contribution in [0, 0.1) is 0 Å². The van der Waals surface area contributed by atoms with Crippen molar-refractivity contribution in [1.82, 2.24) is 4.98 Å². The zero-order valence-corrected chi connectivity index (χ0v) is 7.76. The number of aromatic nitrogens is 1. The van der Waals surface area contributed by atoms with Crippen LogP contribution in [0.15, 0.2) is 16.9 Å². The van der Waals surface area contributed by atoms with Crippen molar-refractivity contribution in [3.05, 3.63) is 16.9 Å². The summed E-state index contributed by atoms with van der Waals surface area (Å²) in [5, 5.41) is 0. The van der Waals surface area contributed by atoms with Gasteiger partial charge in [-0.15, -0.1) is 0 Å². The van der Waals surface area contributed by atoms with Crippen molar-refractivity contribution in [3.8, 4) is 5.75 Å². The number of hydrogen-bond donors (Lipinski definition) is 1. The fraction of sp³-hybridized carbons (Fsp3) is 0.286. The fourth-order valence-corrected chi connectivity index (χ4v) is 1.01. The Hall–Kier alpha value is -0.770. The molecule has 0 aromatic carbocycles. The molecular formula is C7H9BrN2O. The Morgan fingerprint density at radius 2 is 2.45 bits per heavy atom. The molecule has 3 nitrogen and oxygen atoms in total. The number of halogens is 1. The molecule has 0 aliphatic carbocycles. The summed E-state index contributed by atoms with van der Waals surface area (Å²) in [5.41, 5.74) is 6.13. The van der Waals surface area contributed by atoms with Gasteiger partial charge in [0.1, 0.15) is 10.4 Å². The molecule has 1 aromatic rings. The van der Waals surface area contributed by atoms with Crippen molar-refractivity contribution in [2.75, 3.05) is 12.3 Å². The van der Waals surface area contributed by atoms with Gasteiger partial charge in [-0.2, -0.15) is 0 Å². The summed E-state index contributed by atoms with van der Waals surface area (Å²) in [7, 11) is 0. The van der Waals surface area contributed by atoms with Crippen LogP contribution in [-0.2, 0) is 0 Å². The Kier molecular flexibility index (Phi) is 2.70. The van der Waals surface area contributed by atoms with E-state index in [1.54, 1.807) is 12.3 Å². The molecular weight excluding hydrogens is 208 g/mol. The van der Waals surface area contributed by atoms with E-state index in [0.29, 0.717) is 18.0 Å². The molecule has 1 aromatic heterocycles. The minimum absolute atomic E-state index is 0.565. The molecule has 1 heterocycles. The average molecular weight is 217 g/mol. The van der Waals surface area contributed by atoms with Gasteiger partial charge >= 0.3 is 0 Å². The third-order valence-electron chi connectivity index (χ3n) is 1.16. The lowest BCUT2D eigenvalue weighted by molar-refractivity contribution is 0.341. The molecule has 0 aliphatic rings. The van der Waals surface area contributed by atoms with E-state index in [1.165, 1.54) is 0 Å². The molecule has 0 amide bonds. The lowest BCUT2D eigenvalue weighted by atomic mass is 10.4. The molecule has 0 saturated carbocycles. The minimum atomic E-state index is 0.565. The van der Waals surface area contributed by atoms with Crippen LogP contribution < -0.4 is 10.5 Å². The number of ether oxygens (including phenoxy) is 1. The molecule has 1 rings (SSSR count). The van der Waals surface area contributed by atoms with Gasteiger partial charge in [0, 0.05) is 6.07 Å². The summed E-state index contributed by atoms with van der Waals surface area (Å²) in [6, 6.07) is 1.75. The molecule has 0 aliphatic heterocycles. The quantitative estimate of drug-likeness (QED) is 0.768. The Morgan fingerprint density at radius 3 is 3.09 bits per heavy atom. The summed E-state index contributed by atoms with van der Waals surface area (Å²) in [6.45, 7) is 2.52. The third-order valence-corrected chi connectivity index (χ3v) is 1.60. The molecule has 60 valence electrons. The van der Waals surface area contributed by atoms with Crippen molar-refractivity contribution >= 4 is 21.6 Å². The monoisotopic (exact) mass is 216 g/mol. The lowest BCUT2D eigenvalue weighted by Crippen LogP contribution is -1.97. The van der Waals surface area contributed by atoms with Crippen LogP contribution in [0.5, 0.6) is 5.75 Å². The van der Waals surface area contributed by atoms with Gasteiger partial charge in [0.05, 0.1) is 18.5 Å². The van der Waals surface area contributed by atoms with E-state index in [0.717, 1.165) is 4.60 Å². The lowest BCUT2D eigenvalue weighted by Gasteiger charge is -2.05. The zero-order chi connectivity index (χ0) is 8.27. The van der Waals surface area contributed by atoms with E-state index < -0.39 is 0 Å². The largest absolute Gasteiger partial charge is 0.492 e. The van der Waals surface area contributed by atoms with E-state index in [1.807, 2.05) is 6.92 Å². The third kappa shape index (κ3) is 2.08. The molecule has 0 radical (unpaired) electrons. The van der Waals surface area contributed by atoms with Gasteiger partial charge < -0.3 is 10.5 Å². The van der Waals surface area contributed by atoms with Gasteiger partial charge in [-0.1, -0.05) is 0 Å². The van der Waals surface area contributed by atoms with Crippen molar-refractivity contribution in [1.29, 1.82) is 0 Å². The molecule has 0 spiro atoms. The number of nitrogens with two attached hydrogens (primary N) is 1. The Morgan fingerprint density at radius 1 is 1.73 bits per heavy atom. The van der Waals surface area contributed by atoms with Gasteiger partial charge in [0.15, 0.2) is 0 Å². The summed E-state index contributed by atoms with van der Waals surface area (Å²) in [6.07, 6.45) is 1.56. The summed E-state index contributed by atoms with van der Waals surface area (Å²) < 4.78 is 5.95. The first kappa shape index (κ1) is 8.33. The first-order valence-electron chi connectivity index (χ1n) is 3.28. The average Bonchev–Trinajstić information content (AvgIpc) is 1.98. The standard InChI is InChI=1S/C7H9BrN2O/c1-2-11-6-3-7(8)10-4-5(6)9/h3-4H,2,9H2,1H3. The van der Waals surface area contributed by atoms with Gasteiger partial charge in [-0.05, 0) is 22.9 Å². The molecule has 0 atom stereocenters. The maximum Gasteiger partial charge on any atom is 0.146 e. The van der Waals surface area contributed by atoms with Crippen LogP contribution in [0.2, 0.25) is 0 Å². The Labute approximate surface area is 73.7 Å². The second-order valence-corrected chi connectivity index (χ2v) is 2.79. The van der Waals surface area contributed by atoms with E-state index in [-0.39, 0.29) is 0 Å². The highest BCUT2D eigenvalue weighted by atomic mass is 79.9. The van der Waals surface area contributed by atoms with Crippen molar-refractivity contribution in [2.24, 2.45) is 0 Å². The second-order valence-electron chi connectivity index (χ2n) is 1.98. The van der Waals surface area contributed by atoms with E-state index in [9.17, 15) is 0 Å². The summed E-state index contributed by atoms with van der Waals surface area (Å²) in [5.74, 6) is 0.675. The number of pyridine rings is 1. The van der Waals surface area contributed by atoms with Crippen LogP contribution in [0.4, 0.5) is 5.69 Å². The SMILES string of the molecule is CCOc1cc(Br)ncc1N. The molecule has 11 heavy (non-hydrogen) atoms. The van der Waals surface area contributed by atoms with Gasteiger partial charge in [-0.25, -0.2) is 4.98 Å². The highest BCUT2D eigenvalue weighted by molar-refractivity contribution is 9.10. The predicted octanol–water partition coefficient (Wildman–Crippen LogP) is 1.82.